The van der Waals surface area contributed by atoms with Crippen molar-refractivity contribution in [3.63, 3.8) is 0 Å². The molecular formula is C19H20O3. The topological polar surface area (TPSA) is 43.4 Å². The number of esters is 1. The summed E-state index contributed by atoms with van der Waals surface area (Å²) in [6, 6.07) is 12.9. The molecule has 3 heteroatoms. The van der Waals surface area contributed by atoms with Crippen molar-refractivity contribution >= 4 is 11.8 Å². The second kappa shape index (κ2) is 6.56. The molecule has 0 radical (unpaired) electrons. The van der Waals surface area contributed by atoms with E-state index in [9.17, 15) is 9.59 Å². The van der Waals surface area contributed by atoms with Gasteiger partial charge in [0.1, 0.15) is 5.92 Å². The lowest BCUT2D eigenvalue weighted by Gasteiger charge is -2.17. The molecule has 0 aliphatic carbocycles. The quantitative estimate of drug-likeness (QED) is 0.490. The molecule has 1 unspecified atom stereocenters. The Bertz CT molecular complexity index is 679. The maximum absolute atomic E-state index is 13.0. The maximum atomic E-state index is 13.0. The van der Waals surface area contributed by atoms with Crippen molar-refractivity contribution in [2.24, 2.45) is 0 Å². The highest BCUT2D eigenvalue weighted by atomic mass is 16.5. The van der Waals surface area contributed by atoms with Crippen LogP contribution in [0.25, 0.3) is 0 Å². The number of ether oxygens (including phenoxy) is 1. The Morgan fingerprint density at radius 2 is 1.50 bits per heavy atom. The molecule has 2 rings (SSSR count). The summed E-state index contributed by atoms with van der Waals surface area (Å²) in [6.45, 7) is 5.78. The molecule has 0 saturated heterocycles. The molecule has 22 heavy (non-hydrogen) atoms. The first kappa shape index (κ1) is 16.0. The molecule has 2 aromatic carbocycles. The Balaban J connectivity index is 2.54. The summed E-state index contributed by atoms with van der Waals surface area (Å²) >= 11 is 0. The number of benzene rings is 2. The number of Topliss-reactive ketones (excluding diaryl/α,β-unsaturated/α-hetero) is 1. The number of methoxy groups -OCH3 is 1. The number of carbonyl (C=O) groups is 2. The fourth-order valence-corrected chi connectivity index (χ4v) is 2.87. The van der Waals surface area contributed by atoms with Gasteiger partial charge in [0.05, 0.1) is 7.11 Å². The number of hydrogen-bond donors (Lipinski definition) is 0. The van der Waals surface area contributed by atoms with Gasteiger partial charge in [0, 0.05) is 5.56 Å². The van der Waals surface area contributed by atoms with Crippen LogP contribution in [-0.4, -0.2) is 18.9 Å². The molecular weight excluding hydrogens is 276 g/mol. The number of aryl methyl sites for hydroxylation is 3. The highest BCUT2D eigenvalue weighted by Gasteiger charge is 2.31. The predicted octanol–water partition coefficient (Wildman–Crippen LogP) is 3.75. The summed E-state index contributed by atoms with van der Waals surface area (Å²) in [4.78, 5) is 25.2. The van der Waals surface area contributed by atoms with E-state index in [0.717, 1.165) is 16.7 Å². The van der Waals surface area contributed by atoms with Crippen LogP contribution >= 0.6 is 0 Å². The van der Waals surface area contributed by atoms with Crippen LogP contribution in [0.3, 0.4) is 0 Å². The van der Waals surface area contributed by atoms with Crippen LogP contribution in [-0.2, 0) is 9.53 Å². The van der Waals surface area contributed by atoms with Crippen LogP contribution < -0.4 is 0 Å². The normalized spacial score (nSPS) is 11.8. The van der Waals surface area contributed by atoms with Gasteiger partial charge in [0.25, 0.3) is 0 Å². The van der Waals surface area contributed by atoms with Gasteiger partial charge in [-0.25, -0.2) is 0 Å². The maximum Gasteiger partial charge on any atom is 0.321 e. The predicted molar refractivity (Wildman–Crippen MR) is 86.2 cm³/mol. The zero-order chi connectivity index (χ0) is 16.3. The fraction of sp³-hybridized carbons (Fsp3) is 0.263. The van der Waals surface area contributed by atoms with E-state index >= 15 is 0 Å². The molecule has 1 atom stereocenters. The molecule has 0 aliphatic heterocycles. The first-order chi connectivity index (χ1) is 10.5. The van der Waals surface area contributed by atoms with Crippen LogP contribution in [0.2, 0.25) is 0 Å². The van der Waals surface area contributed by atoms with Gasteiger partial charge in [-0.05, 0) is 37.5 Å². The molecule has 114 valence electrons. The van der Waals surface area contributed by atoms with Crippen LogP contribution in [0.1, 0.15) is 38.5 Å². The molecule has 2 aromatic rings. The van der Waals surface area contributed by atoms with Crippen molar-refractivity contribution in [2.45, 2.75) is 26.7 Å². The van der Waals surface area contributed by atoms with Gasteiger partial charge in [-0.2, -0.15) is 0 Å². The molecule has 0 N–H and O–H groups in total. The van der Waals surface area contributed by atoms with Crippen LogP contribution in [0.15, 0.2) is 42.5 Å². The SMILES string of the molecule is COC(=O)C(C(=O)c1c(C)cc(C)cc1C)c1ccccc1. The lowest BCUT2D eigenvalue weighted by atomic mass is 9.86. The van der Waals surface area contributed by atoms with Gasteiger partial charge in [0.15, 0.2) is 5.78 Å². The van der Waals surface area contributed by atoms with Crippen molar-refractivity contribution in [2.75, 3.05) is 7.11 Å². The van der Waals surface area contributed by atoms with Gasteiger partial charge in [-0.3, -0.25) is 9.59 Å². The zero-order valence-electron chi connectivity index (χ0n) is 13.3. The molecule has 0 saturated carbocycles. The monoisotopic (exact) mass is 296 g/mol. The molecule has 0 fully saturated rings. The third-order valence-electron chi connectivity index (χ3n) is 3.76. The fourth-order valence-electron chi connectivity index (χ4n) is 2.87. The van der Waals surface area contributed by atoms with E-state index in [-0.39, 0.29) is 5.78 Å². The van der Waals surface area contributed by atoms with E-state index in [1.54, 1.807) is 12.1 Å². The van der Waals surface area contributed by atoms with Crippen molar-refractivity contribution < 1.29 is 14.3 Å². The second-order valence-electron chi connectivity index (χ2n) is 5.50. The Hall–Kier alpha value is -2.42. The van der Waals surface area contributed by atoms with Gasteiger partial charge in [-0.1, -0.05) is 48.0 Å². The highest BCUT2D eigenvalue weighted by Crippen LogP contribution is 2.27. The van der Waals surface area contributed by atoms with Gasteiger partial charge < -0.3 is 4.74 Å². The van der Waals surface area contributed by atoms with Crippen molar-refractivity contribution in [3.05, 3.63) is 70.3 Å². The first-order valence-electron chi connectivity index (χ1n) is 7.20. The Morgan fingerprint density at radius 1 is 0.955 bits per heavy atom. The summed E-state index contributed by atoms with van der Waals surface area (Å²) in [5.74, 6) is -1.67. The molecule has 3 nitrogen and oxygen atoms in total. The van der Waals surface area contributed by atoms with Gasteiger partial charge in [-0.15, -0.1) is 0 Å². The molecule has 0 heterocycles. The molecule has 0 spiro atoms. The molecule has 0 aromatic heterocycles. The summed E-state index contributed by atoms with van der Waals surface area (Å²) in [6.07, 6.45) is 0. The van der Waals surface area contributed by atoms with Crippen LogP contribution in [0.5, 0.6) is 0 Å². The Kier molecular flexibility index (Phi) is 4.76. The van der Waals surface area contributed by atoms with E-state index < -0.39 is 11.9 Å². The summed E-state index contributed by atoms with van der Waals surface area (Å²) in [5, 5.41) is 0. The van der Waals surface area contributed by atoms with Gasteiger partial charge in [0.2, 0.25) is 0 Å². The third-order valence-corrected chi connectivity index (χ3v) is 3.76. The summed E-state index contributed by atoms with van der Waals surface area (Å²) < 4.78 is 4.85. The van der Waals surface area contributed by atoms with E-state index in [0.29, 0.717) is 11.1 Å². The third kappa shape index (κ3) is 3.08. The Morgan fingerprint density at radius 3 is 2.00 bits per heavy atom. The van der Waals surface area contributed by atoms with E-state index in [4.69, 9.17) is 4.74 Å². The minimum atomic E-state index is -0.925. The van der Waals surface area contributed by atoms with Crippen molar-refractivity contribution in [1.82, 2.24) is 0 Å². The average molecular weight is 296 g/mol. The molecule has 0 aliphatic rings. The van der Waals surface area contributed by atoms with Crippen LogP contribution in [0.4, 0.5) is 0 Å². The lowest BCUT2D eigenvalue weighted by molar-refractivity contribution is -0.141. The van der Waals surface area contributed by atoms with E-state index in [1.807, 2.05) is 51.1 Å². The van der Waals surface area contributed by atoms with Gasteiger partial charge >= 0.3 is 5.97 Å². The van der Waals surface area contributed by atoms with Crippen LogP contribution in [0, 0.1) is 20.8 Å². The smallest absolute Gasteiger partial charge is 0.321 e. The van der Waals surface area contributed by atoms with E-state index in [1.165, 1.54) is 7.11 Å². The molecule has 0 amide bonds. The second-order valence-corrected chi connectivity index (χ2v) is 5.50. The first-order valence-corrected chi connectivity index (χ1v) is 7.20. The number of ketones is 1. The minimum absolute atomic E-state index is 0.215. The zero-order valence-corrected chi connectivity index (χ0v) is 13.3. The number of hydrogen-bond acceptors (Lipinski definition) is 3. The van der Waals surface area contributed by atoms with E-state index in [2.05, 4.69) is 0 Å². The number of carbonyl (C=O) groups excluding carboxylic acids is 2. The summed E-state index contributed by atoms with van der Waals surface area (Å²) in [7, 11) is 1.31. The lowest BCUT2D eigenvalue weighted by Crippen LogP contribution is -2.24. The Labute approximate surface area is 130 Å². The minimum Gasteiger partial charge on any atom is -0.468 e. The number of rotatable bonds is 4. The van der Waals surface area contributed by atoms with Crippen molar-refractivity contribution in [3.8, 4) is 0 Å². The summed E-state index contributed by atoms with van der Waals surface area (Å²) in [5.41, 5.74) is 4.11. The largest absolute Gasteiger partial charge is 0.468 e. The average Bonchev–Trinajstić information content (AvgIpc) is 2.47. The standard InChI is InChI=1S/C19H20O3/c1-12-10-13(2)16(14(3)11-12)18(20)17(19(21)22-4)15-8-6-5-7-9-15/h5-11,17H,1-4H3. The highest BCUT2D eigenvalue weighted by molar-refractivity contribution is 6.14. The molecule has 0 bridgehead atoms. The van der Waals surface area contributed by atoms with Crippen molar-refractivity contribution in [1.29, 1.82) is 0 Å².